The van der Waals surface area contributed by atoms with Crippen molar-refractivity contribution in [3.05, 3.63) is 54.6 Å². The highest BCUT2D eigenvalue weighted by Crippen LogP contribution is 2.37. The van der Waals surface area contributed by atoms with Gasteiger partial charge in [0.1, 0.15) is 11.6 Å². The summed E-state index contributed by atoms with van der Waals surface area (Å²) in [6.07, 6.45) is 0. The SMILES string of the molecule is NC(c1ccc(F)cc1F)c1cc(Br)sc1Br. The van der Waals surface area contributed by atoms with Crippen molar-refractivity contribution in [1.29, 1.82) is 0 Å². The van der Waals surface area contributed by atoms with E-state index < -0.39 is 17.7 Å². The summed E-state index contributed by atoms with van der Waals surface area (Å²) in [4.78, 5) is 0. The van der Waals surface area contributed by atoms with Crippen LogP contribution < -0.4 is 5.73 Å². The van der Waals surface area contributed by atoms with E-state index in [2.05, 4.69) is 31.9 Å². The van der Waals surface area contributed by atoms with E-state index in [0.29, 0.717) is 0 Å². The molecule has 0 fully saturated rings. The van der Waals surface area contributed by atoms with Crippen molar-refractivity contribution in [2.45, 2.75) is 6.04 Å². The van der Waals surface area contributed by atoms with Gasteiger partial charge in [0.25, 0.3) is 0 Å². The van der Waals surface area contributed by atoms with Crippen molar-refractivity contribution in [1.82, 2.24) is 0 Å². The first-order valence-electron chi connectivity index (χ1n) is 4.64. The van der Waals surface area contributed by atoms with Gasteiger partial charge in [-0.25, -0.2) is 8.78 Å². The third-order valence-corrected chi connectivity index (χ3v) is 4.70. The minimum Gasteiger partial charge on any atom is -0.320 e. The van der Waals surface area contributed by atoms with Gasteiger partial charge in [-0.2, -0.15) is 0 Å². The molecule has 17 heavy (non-hydrogen) atoms. The molecule has 0 spiro atoms. The number of halogens is 4. The monoisotopic (exact) mass is 381 g/mol. The first-order chi connectivity index (χ1) is 7.99. The molecule has 0 saturated carbocycles. The molecule has 0 amide bonds. The third kappa shape index (κ3) is 2.76. The van der Waals surface area contributed by atoms with Gasteiger partial charge >= 0.3 is 0 Å². The van der Waals surface area contributed by atoms with E-state index in [9.17, 15) is 8.78 Å². The second kappa shape index (κ2) is 5.14. The summed E-state index contributed by atoms with van der Waals surface area (Å²) in [5.41, 5.74) is 7.02. The average Bonchev–Trinajstić information content (AvgIpc) is 2.57. The molecule has 1 aromatic heterocycles. The summed E-state index contributed by atoms with van der Waals surface area (Å²) in [7, 11) is 0. The van der Waals surface area contributed by atoms with Crippen LogP contribution in [0.15, 0.2) is 31.8 Å². The number of benzene rings is 1. The lowest BCUT2D eigenvalue weighted by molar-refractivity contribution is 0.566. The Morgan fingerprint density at radius 3 is 2.35 bits per heavy atom. The highest BCUT2D eigenvalue weighted by Gasteiger charge is 2.18. The highest BCUT2D eigenvalue weighted by molar-refractivity contribution is 9.12. The van der Waals surface area contributed by atoms with Crippen molar-refractivity contribution in [2.24, 2.45) is 5.73 Å². The molecule has 0 aliphatic heterocycles. The van der Waals surface area contributed by atoms with E-state index in [1.54, 1.807) is 0 Å². The molecule has 6 heteroatoms. The Balaban J connectivity index is 2.43. The second-order valence-corrected chi connectivity index (χ2v) is 7.17. The Kier molecular flexibility index (Phi) is 3.97. The van der Waals surface area contributed by atoms with Crippen molar-refractivity contribution in [3.8, 4) is 0 Å². The van der Waals surface area contributed by atoms with Gasteiger partial charge in [0.2, 0.25) is 0 Å². The van der Waals surface area contributed by atoms with Gasteiger partial charge in [-0.05, 0) is 49.6 Å². The van der Waals surface area contributed by atoms with Crippen LogP contribution in [0.2, 0.25) is 0 Å². The molecule has 0 saturated heterocycles. The standard InChI is InChI=1S/C11H7Br2F2NS/c12-9-4-7(11(13)17-9)10(16)6-2-1-5(14)3-8(6)15/h1-4,10H,16H2. The zero-order chi connectivity index (χ0) is 12.6. The fourth-order valence-corrected chi connectivity index (χ4v) is 4.42. The number of hydrogen-bond acceptors (Lipinski definition) is 2. The van der Waals surface area contributed by atoms with Crippen LogP contribution in [0.4, 0.5) is 8.78 Å². The smallest absolute Gasteiger partial charge is 0.131 e. The fourth-order valence-electron chi connectivity index (χ4n) is 1.49. The van der Waals surface area contributed by atoms with Gasteiger partial charge < -0.3 is 5.73 Å². The van der Waals surface area contributed by atoms with E-state index in [1.807, 2.05) is 6.07 Å². The molecule has 2 N–H and O–H groups in total. The van der Waals surface area contributed by atoms with Crippen molar-refractivity contribution >= 4 is 43.2 Å². The van der Waals surface area contributed by atoms with Gasteiger partial charge in [0.15, 0.2) is 0 Å². The van der Waals surface area contributed by atoms with Crippen LogP contribution in [0.25, 0.3) is 0 Å². The normalized spacial score (nSPS) is 12.8. The zero-order valence-corrected chi connectivity index (χ0v) is 12.4. The predicted molar refractivity (Wildman–Crippen MR) is 72.1 cm³/mol. The lowest BCUT2D eigenvalue weighted by atomic mass is 10.0. The van der Waals surface area contributed by atoms with Crippen LogP contribution >= 0.6 is 43.2 Å². The van der Waals surface area contributed by atoms with Crippen LogP contribution in [0.5, 0.6) is 0 Å². The van der Waals surface area contributed by atoms with E-state index in [-0.39, 0.29) is 5.56 Å². The Morgan fingerprint density at radius 2 is 1.82 bits per heavy atom. The maximum atomic E-state index is 13.6. The molecule has 0 radical (unpaired) electrons. The van der Waals surface area contributed by atoms with E-state index in [4.69, 9.17) is 5.73 Å². The molecule has 1 heterocycles. The summed E-state index contributed by atoms with van der Waals surface area (Å²) < 4.78 is 28.1. The van der Waals surface area contributed by atoms with Crippen molar-refractivity contribution < 1.29 is 8.78 Å². The summed E-state index contributed by atoms with van der Waals surface area (Å²) in [6, 6.07) is 4.61. The van der Waals surface area contributed by atoms with Crippen LogP contribution in [-0.4, -0.2) is 0 Å². The van der Waals surface area contributed by atoms with Crippen molar-refractivity contribution in [2.75, 3.05) is 0 Å². The van der Waals surface area contributed by atoms with Crippen LogP contribution in [0.1, 0.15) is 17.2 Å². The van der Waals surface area contributed by atoms with E-state index >= 15 is 0 Å². The highest BCUT2D eigenvalue weighted by atomic mass is 79.9. The molecular formula is C11H7Br2F2NS. The van der Waals surface area contributed by atoms with Gasteiger partial charge in [0, 0.05) is 11.6 Å². The Bertz CT molecular complexity index is 556. The summed E-state index contributed by atoms with van der Waals surface area (Å²) in [5.74, 6) is -1.24. The average molecular weight is 383 g/mol. The zero-order valence-electron chi connectivity index (χ0n) is 8.38. The van der Waals surface area contributed by atoms with Gasteiger partial charge in [0.05, 0.1) is 13.6 Å². The minimum atomic E-state index is -0.633. The lowest BCUT2D eigenvalue weighted by Crippen LogP contribution is -2.13. The molecule has 0 aliphatic rings. The molecule has 2 aromatic rings. The predicted octanol–water partition coefficient (Wildman–Crippen LogP) is 4.60. The Labute approximate surface area is 118 Å². The van der Waals surface area contributed by atoms with Crippen molar-refractivity contribution in [3.63, 3.8) is 0 Å². The maximum absolute atomic E-state index is 13.6. The number of thiophene rings is 1. The van der Waals surface area contributed by atoms with Gasteiger partial charge in [-0.3, -0.25) is 0 Å². The number of rotatable bonds is 2. The molecule has 2 rings (SSSR count). The van der Waals surface area contributed by atoms with Crippen LogP contribution in [0.3, 0.4) is 0 Å². The minimum absolute atomic E-state index is 0.275. The summed E-state index contributed by atoms with van der Waals surface area (Å²) >= 11 is 8.16. The molecule has 0 bridgehead atoms. The Hall–Kier alpha value is -0.300. The Morgan fingerprint density at radius 1 is 1.12 bits per heavy atom. The van der Waals surface area contributed by atoms with Crippen LogP contribution in [-0.2, 0) is 0 Å². The molecule has 1 nitrogen and oxygen atoms in total. The third-order valence-electron chi connectivity index (χ3n) is 2.32. The number of nitrogens with two attached hydrogens (primary N) is 1. The van der Waals surface area contributed by atoms with Gasteiger partial charge in [-0.15, -0.1) is 11.3 Å². The molecule has 90 valence electrons. The first-order valence-corrected chi connectivity index (χ1v) is 7.04. The first kappa shape index (κ1) is 13.1. The lowest BCUT2D eigenvalue weighted by Gasteiger charge is -2.12. The maximum Gasteiger partial charge on any atom is 0.131 e. The van der Waals surface area contributed by atoms with E-state index in [0.717, 1.165) is 19.2 Å². The topological polar surface area (TPSA) is 26.0 Å². The molecule has 0 aliphatic carbocycles. The molecule has 1 unspecified atom stereocenters. The van der Waals surface area contributed by atoms with Gasteiger partial charge in [-0.1, -0.05) is 6.07 Å². The molecule has 1 atom stereocenters. The van der Waals surface area contributed by atoms with Crippen LogP contribution in [0, 0.1) is 11.6 Å². The second-order valence-electron chi connectivity index (χ2n) is 3.42. The number of hydrogen-bond donors (Lipinski definition) is 1. The summed E-state index contributed by atoms with van der Waals surface area (Å²) in [6.45, 7) is 0. The van der Waals surface area contributed by atoms with E-state index in [1.165, 1.54) is 23.5 Å². The largest absolute Gasteiger partial charge is 0.320 e. The quantitative estimate of drug-likeness (QED) is 0.806. The molecule has 1 aromatic carbocycles. The fraction of sp³-hybridized carbons (Fsp3) is 0.0909. The molecular weight excluding hydrogens is 376 g/mol. The summed E-state index contributed by atoms with van der Waals surface area (Å²) in [5, 5.41) is 0.